The van der Waals surface area contributed by atoms with E-state index in [0.717, 1.165) is 44.9 Å². The standard InChI is InChI=1S/C23H35FO5/c1-3-28-23(27)12-7-5-4-6-9-19(18(2)25)10-8-11-21(26)17-29-22-15-13-20(24)14-16-22/h13-16,19,21,26H,3-12,17H2,1-2H3. The first kappa shape index (κ1) is 25.1. The minimum atomic E-state index is -0.615. The van der Waals surface area contributed by atoms with Crippen molar-refractivity contribution < 1.29 is 28.6 Å². The minimum Gasteiger partial charge on any atom is -0.491 e. The summed E-state index contributed by atoms with van der Waals surface area (Å²) in [7, 11) is 0. The second-order valence-corrected chi connectivity index (χ2v) is 7.42. The average Bonchev–Trinajstić information content (AvgIpc) is 2.68. The number of Topliss-reactive ketones (excluding diaryl/α,β-unsaturated/α-hetero) is 1. The molecule has 0 heterocycles. The number of benzene rings is 1. The van der Waals surface area contributed by atoms with Crippen LogP contribution < -0.4 is 4.74 Å². The zero-order chi connectivity index (χ0) is 21.5. The third kappa shape index (κ3) is 12.3. The molecule has 1 aromatic rings. The highest BCUT2D eigenvalue weighted by Crippen LogP contribution is 2.20. The number of carbonyl (C=O) groups excluding carboxylic acids is 2. The maximum absolute atomic E-state index is 12.9. The van der Waals surface area contributed by atoms with Gasteiger partial charge in [-0.05, 0) is 63.8 Å². The highest BCUT2D eigenvalue weighted by molar-refractivity contribution is 5.78. The Balaban J connectivity index is 2.14. The van der Waals surface area contributed by atoms with Gasteiger partial charge in [0.05, 0.1) is 12.7 Å². The summed E-state index contributed by atoms with van der Waals surface area (Å²) in [6.07, 6.45) is 6.50. The fraction of sp³-hybridized carbons (Fsp3) is 0.652. The number of hydrogen-bond donors (Lipinski definition) is 1. The van der Waals surface area contributed by atoms with Crippen LogP contribution in [-0.4, -0.2) is 36.2 Å². The van der Waals surface area contributed by atoms with Gasteiger partial charge in [-0.1, -0.05) is 25.7 Å². The van der Waals surface area contributed by atoms with E-state index in [1.807, 2.05) is 0 Å². The average molecular weight is 411 g/mol. The summed E-state index contributed by atoms with van der Waals surface area (Å²) in [5.74, 6) is 0.261. The molecule has 5 nitrogen and oxygen atoms in total. The summed E-state index contributed by atoms with van der Waals surface area (Å²) in [5, 5.41) is 10.1. The van der Waals surface area contributed by atoms with Gasteiger partial charge < -0.3 is 14.6 Å². The van der Waals surface area contributed by atoms with E-state index in [1.54, 1.807) is 13.8 Å². The molecule has 0 spiro atoms. The lowest BCUT2D eigenvalue weighted by molar-refractivity contribution is -0.143. The van der Waals surface area contributed by atoms with E-state index < -0.39 is 6.10 Å². The molecule has 0 aromatic heterocycles. The van der Waals surface area contributed by atoms with Gasteiger partial charge in [0.2, 0.25) is 0 Å². The maximum atomic E-state index is 12.9. The van der Waals surface area contributed by atoms with Crippen molar-refractivity contribution in [2.75, 3.05) is 13.2 Å². The molecule has 6 heteroatoms. The predicted octanol–water partition coefficient (Wildman–Crippen LogP) is 4.84. The molecule has 0 saturated heterocycles. The van der Waals surface area contributed by atoms with Gasteiger partial charge in [-0.25, -0.2) is 4.39 Å². The molecular formula is C23H35FO5. The number of ketones is 1. The Morgan fingerprint density at radius 3 is 2.31 bits per heavy atom. The van der Waals surface area contributed by atoms with Crippen molar-refractivity contribution in [2.24, 2.45) is 5.92 Å². The van der Waals surface area contributed by atoms with Crippen molar-refractivity contribution in [3.05, 3.63) is 30.1 Å². The lowest BCUT2D eigenvalue weighted by Gasteiger charge is -2.16. The van der Waals surface area contributed by atoms with Gasteiger partial charge in [-0.2, -0.15) is 0 Å². The molecule has 1 rings (SSSR count). The molecule has 0 bridgehead atoms. The van der Waals surface area contributed by atoms with Crippen LogP contribution in [0.3, 0.4) is 0 Å². The Labute approximate surface area is 173 Å². The number of aliphatic hydroxyl groups excluding tert-OH is 1. The zero-order valence-corrected chi connectivity index (χ0v) is 17.7. The summed E-state index contributed by atoms with van der Waals surface area (Å²) in [5.41, 5.74) is 0. The number of esters is 1. The zero-order valence-electron chi connectivity index (χ0n) is 17.7. The van der Waals surface area contributed by atoms with E-state index in [1.165, 1.54) is 24.3 Å². The number of carbonyl (C=O) groups is 2. The lowest BCUT2D eigenvalue weighted by Crippen LogP contribution is -2.18. The Morgan fingerprint density at radius 1 is 1.00 bits per heavy atom. The summed E-state index contributed by atoms with van der Waals surface area (Å²) in [4.78, 5) is 23.1. The first-order chi connectivity index (χ1) is 13.9. The first-order valence-corrected chi connectivity index (χ1v) is 10.6. The van der Waals surface area contributed by atoms with Gasteiger partial charge >= 0.3 is 5.97 Å². The van der Waals surface area contributed by atoms with Crippen LogP contribution in [0.1, 0.15) is 71.6 Å². The number of hydrogen-bond acceptors (Lipinski definition) is 5. The van der Waals surface area contributed by atoms with Gasteiger partial charge in [-0.3, -0.25) is 9.59 Å². The molecular weight excluding hydrogens is 375 g/mol. The molecule has 2 atom stereocenters. The van der Waals surface area contributed by atoms with Gasteiger partial charge in [0.1, 0.15) is 24.0 Å². The van der Waals surface area contributed by atoms with Crippen LogP contribution in [0.15, 0.2) is 24.3 Å². The Hall–Kier alpha value is -1.95. The van der Waals surface area contributed by atoms with Crippen LogP contribution in [0.5, 0.6) is 5.75 Å². The van der Waals surface area contributed by atoms with Crippen molar-refractivity contribution in [2.45, 2.75) is 77.7 Å². The molecule has 0 aliphatic carbocycles. The highest BCUT2D eigenvalue weighted by atomic mass is 19.1. The van der Waals surface area contributed by atoms with Crippen LogP contribution in [0, 0.1) is 11.7 Å². The molecule has 1 aromatic carbocycles. The number of aliphatic hydroxyl groups is 1. The normalized spacial score (nSPS) is 13.0. The number of unbranched alkanes of at least 4 members (excludes halogenated alkanes) is 3. The maximum Gasteiger partial charge on any atom is 0.305 e. The smallest absolute Gasteiger partial charge is 0.305 e. The van der Waals surface area contributed by atoms with E-state index in [9.17, 15) is 19.1 Å². The Kier molecular flexibility index (Phi) is 12.9. The molecule has 1 N–H and O–H groups in total. The van der Waals surface area contributed by atoms with Crippen molar-refractivity contribution in [3.8, 4) is 5.75 Å². The fourth-order valence-electron chi connectivity index (χ4n) is 3.20. The van der Waals surface area contributed by atoms with E-state index in [0.29, 0.717) is 25.2 Å². The van der Waals surface area contributed by atoms with Crippen LogP contribution in [0.2, 0.25) is 0 Å². The van der Waals surface area contributed by atoms with Gasteiger partial charge in [0.15, 0.2) is 0 Å². The second-order valence-electron chi connectivity index (χ2n) is 7.42. The third-order valence-electron chi connectivity index (χ3n) is 4.91. The number of halogens is 1. The Bertz CT molecular complexity index is 587. The molecule has 29 heavy (non-hydrogen) atoms. The summed E-state index contributed by atoms with van der Waals surface area (Å²) in [6.45, 7) is 4.00. The lowest BCUT2D eigenvalue weighted by atomic mass is 9.91. The third-order valence-corrected chi connectivity index (χ3v) is 4.91. The first-order valence-electron chi connectivity index (χ1n) is 10.6. The summed E-state index contributed by atoms with van der Waals surface area (Å²) >= 11 is 0. The molecule has 0 saturated carbocycles. The fourth-order valence-corrected chi connectivity index (χ4v) is 3.20. The number of ether oxygens (including phenoxy) is 2. The van der Waals surface area contributed by atoms with E-state index in [2.05, 4.69) is 0 Å². The van der Waals surface area contributed by atoms with Gasteiger partial charge in [0, 0.05) is 12.3 Å². The number of rotatable bonds is 16. The minimum absolute atomic E-state index is 0.0188. The summed E-state index contributed by atoms with van der Waals surface area (Å²) < 4.78 is 23.2. The van der Waals surface area contributed by atoms with Crippen LogP contribution in [0.25, 0.3) is 0 Å². The van der Waals surface area contributed by atoms with Crippen molar-refractivity contribution in [3.63, 3.8) is 0 Å². The van der Waals surface area contributed by atoms with E-state index in [-0.39, 0.29) is 30.1 Å². The molecule has 0 aliphatic rings. The van der Waals surface area contributed by atoms with Crippen molar-refractivity contribution in [1.82, 2.24) is 0 Å². The van der Waals surface area contributed by atoms with Crippen LogP contribution >= 0.6 is 0 Å². The van der Waals surface area contributed by atoms with E-state index in [4.69, 9.17) is 9.47 Å². The largest absolute Gasteiger partial charge is 0.491 e. The second kappa shape index (κ2) is 15.0. The van der Waals surface area contributed by atoms with Gasteiger partial charge in [0.25, 0.3) is 0 Å². The van der Waals surface area contributed by atoms with E-state index >= 15 is 0 Å². The molecule has 0 aliphatic heterocycles. The molecule has 0 fully saturated rings. The molecule has 164 valence electrons. The molecule has 0 radical (unpaired) electrons. The summed E-state index contributed by atoms with van der Waals surface area (Å²) in [6, 6.07) is 5.69. The molecule has 0 amide bonds. The quantitative estimate of drug-likeness (QED) is 0.312. The highest BCUT2D eigenvalue weighted by Gasteiger charge is 2.15. The predicted molar refractivity (Wildman–Crippen MR) is 110 cm³/mol. The Morgan fingerprint density at radius 2 is 1.66 bits per heavy atom. The van der Waals surface area contributed by atoms with Gasteiger partial charge in [-0.15, -0.1) is 0 Å². The monoisotopic (exact) mass is 410 g/mol. The van der Waals surface area contributed by atoms with Crippen molar-refractivity contribution >= 4 is 11.8 Å². The SMILES string of the molecule is CCOC(=O)CCCCCCC(CCCC(O)COc1ccc(F)cc1)C(C)=O. The topological polar surface area (TPSA) is 72.8 Å². The van der Waals surface area contributed by atoms with Crippen LogP contribution in [0.4, 0.5) is 4.39 Å². The van der Waals surface area contributed by atoms with Crippen molar-refractivity contribution in [1.29, 1.82) is 0 Å². The van der Waals surface area contributed by atoms with Crippen LogP contribution in [-0.2, 0) is 14.3 Å². The molecule has 2 unspecified atom stereocenters.